The van der Waals surface area contributed by atoms with Crippen molar-refractivity contribution in [3.05, 3.63) is 40.0 Å². The van der Waals surface area contributed by atoms with E-state index >= 15 is 0 Å². The number of hydrogen-bond donors (Lipinski definition) is 2. The molecule has 1 aliphatic heterocycles. The van der Waals surface area contributed by atoms with Gasteiger partial charge in [0.25, 0.3) is 0 Å². The predicted octanol–water partition coefficient (Wildman–Crippen LogP) is 4.96. The Kier molecular flexibility index (Phi) is 6.93. The monoisotopic (exact) mass is 422 g/mol. The summed E-state index contributed by atoms with van der Waals surface area (Å²) in [5.74, 6) is 1.03. The average Bonchev–Trinajstić information content (AvgIpc) is 2.66. The predicted molar refractivity (Wildman–Crippen MR) is 114 cm³/mol. The van der Waals surface area contributed by atoms with Gasteiger partial charge in [0.15, 0.2) is 0 Å². The van der Waals surface area contributed by atoms with Gasteiger partial charge in [0.05, 0.1) is 10.0 Å². The third-order valence-electron chi connectivity index (χ3n) is 4.48. The van der Waals surface area contributed by atoms with Crippen LogP contribution < -0.4 is 15.6 Å². The number of carbonyl (C=O) groups excluding carboxylic acids is 1. The molecule has 0 spiro atoms. The first kappa shape index (κ1) is 20.6. The number of halogens is 2. The Balaban J connectivity index is 1.73. The van der Waals surface area contributed by atoms with Crippen LogP contribution in [0, 0.1) is 6.92 Å². The van der Waals surface area contributed by atoms with E-state index in [0.29, 0.717) is 15.7 Å². The summed E-state index contributed by atoms with van der Waals surface area (Å²) in [6.45, 7) is 6.80. The average molecular weight is 423 g/mol. The van der Waals surface area contributed by atoms with Gasteiger partial charge in [-0.1, -0.05) is 29.6 Å². The van der Waals surface area contributed by atoms with Crippen LogP contribution >= 0.6 is 23.2 Å². The molecule has 1 aliphatic rings. The molecule has 3 rings (SSSR count). The summed E-state index contributed by atoms with van der Waals surface area (Å²) in [7, 11) is 0. The molecule has 0 aliphatic carbocycles. The van der Waals surface area contributed by atoms with Gasteiger partial charge in [-0.15, -0.1) is 0 Å². The van der Waals surface area contributed by atoms with Crippen molar-refractivity contribution < 1.29 is 4.79 Å². The largest absolute Gasteiger partial charge is 0.326 e. The van der Waals surface area contributed by atoms with Gasteiger partial charge in [0.2, 0.25) is 5.95 Å². The van der Waals surface area contributed by atoms with Gasteiger partial charge in [0, 0.05) is 37.1 Å². The molecule has 1 aromatic carbocycles. The number of aromatic nitrogens is 2. The van der Waals surface area contributed by atoms with Crippen molar-refractivity contribution in [2.24, 2.45) is 0 Å². The zero-order valence-electron chi connectivity index (χ0n) is 16.0. The number of urea groups is 1. The fourth-order valence-corrected chi connectivity index (χ4v) is 3.50. The number of amides is 2. The van der Waals surface area contributed by atoms with Crippen molar-refractivity contribution >= 4 is 46.7 Å². The van der Waals surface area contributed by atoms with E-state index in [0.717, 1.165) is 31.1 Å². The van der Waals surface area contributed by atoms with Gasteiger partial charge in [0.1, 0.15) is 5.82 Å². The summed E-state index contributed by atoms with van der Waals surface area (Å²) in [5, 5.41) is 10.7. The summed E-state index contributed by atoms with van der Waals surface area (Å²) in [5.41, 5.74) is 1.31. The minimum absolute atomic E-state index is 0.253. The molecule has 0 radical (unpaired) electrons. The van der Waals surface area contributed by atoms with E-state index in [9.17, 15) is 4.79 Å². The third kappa shape index (κ3) is 5.25. The minimum Gasteiger partial charge on any atom is -0.308 e. The van der Waals surface area contributed by atoms with E-state index in [1.165, 1.54) is 19.3 Å². The van der Waals surface area contributed by atoms with E-state index in [-0.39, 0.29) is 5.95 Å². The molecule has 2 heterocycles. The highest BCUT2D eigenvalue weighted by Crippen LogP contribution is 2.25. The fraction of sp³-hybridized carbons (Fsp3) is 0.421. The van der Waals surface area contributed by atoms with Crippen LogP contribution in [0.1, 0.15) is 31.9 Å². The Labute approximate surface area is 175 Å². The van der Waals surface area contributed by atoms with E-state index in [1.807, 2.05) is 13.0 Å². The van der Waals surface area contributed by atoms with Gasteiger partial charge < -0.3 is 5.32 Å². The second-order valence-corrected chi connectivity index (χ2v) is 7.44. The molecule has 150 valence electrons. The van der Waals surface area contributed by atoms with E-state index < -0.39 is 6.03 Å². The molecule has 0 atom stereocenters. The number of benzene rings is 1. The van der Waals surface area contributed by atoms with Crippen LogP contribution in [0.4, 0.5) is 22.2 Å². The van der Waals surface area contributed by atoms with Gasteiger partial charge >= 0.3 is 6.03 Å². The smallest absolute Gasteiger partial charge is 0.308 e. The molecule has 1 fully saturated rings. The number of rotatable bonds is 5. The lowest BCUT2D eigenvalue weighted by atomic mass is 10.2. The van der Waals surface area contributed by atoms with Gasteiger partial charge in [-0.3, -0.25) is 10.3 Å². The highest BCUT2D eigenvalue weighted by molar-refractivity contribution is 6.42. The Hall–Kier alpha value is -2.09. The molecule has 0 unspecified atom stereocenters. The maximum atomic E-state index is 12.3. The van der Waals surface area contributed by atoms with E-state index in [4.69, 9.17) is 23.2 Å². The Morgan fingerprint density at radius 3 is 2.54 bits per heavy atom. The van der Waals surface area contributed by atoms with Crippen LogP contribution in [0.25, 0.3) is 0 Å². The Morgan fingerprint density at radius 2 is 1.86 bits per heavy atom. The summed E-state index contributed by atoms with van der Waals surface area (Å²) in [6.07, 6.45) is 3.62. The topological polar surface area (TPSA) is 73.4 Å². The maximum absolute atomic E-state index is 12.3. The van der Waals surface area contributed by atoms with Gasteiger partial charge in [-0.05, 0) is 44.9 Å². The standard InChI is InChI=1S/C19H24Cl2N6O/c1-3-27(26-9-5-4-6-10-26)17-11-13(2)22-18(24-17)25-19(28)23-14-7-8-15(20)16(21)12-14/h7-8,11-12H,3-6,9-10H2,1-2H3,(H2,22,23,24,25,28). The molecular formula is C19H24Cl2N6O. The normalized spacial score (nSPS) is 14.6. The third-order valence-corrected chi connectivity index (χ3v) is 5.22. The second kappa shape index (κ2) is 9.41. The summed E-state index contributed by atoms with van der Waals surface area (Å²) >= 11 is 11.9. The van der Waals surface area contributed by atoms with Crippen molar-refractivity contribution in [2.75, 3.05) is 35.3 Å². The molecule has 2 aromatic rings. The molecule has 2 amide bonds. The Morgan fingerprint density at radius 1 is 1.11 bits per heavy atom. The molecule has 9 heteroatoms. The fourth-order valence-electron chi connectivity index (χ4n) is 3.20. The molecular weight excluding hydrogens is 399 g/mol. The van der Waals surface area contributed by atoms with E-state index in [2.05, 4.69) is 37.5 Å². The lowest BCUT2D eigenvalue weighted by molar-refractivity contribution is 0.209. The number of nitrogens with zero attached hydrogens (tertiary/aromatic N) is 4. The molecule has 0 bridgehead atoms. The molecule has 1 aromatic heterocycles. The molecule has 1 saturated heterocycles. The SMILES string of the molecule is CCN(c1cc(C)nc(NC(=O)Nc2ccc(Cl)c(Cl)c2)n1)N1CCCCC1. The number of hydrazine groups is 1. The number of aryl methyl sites for hydroxylation is 1. The zero-order valence-corrected chi connectivity index (χ0v) is 17.5. The van der Waals surface area contributed by atoms with Crippen molar-refractivity contribution in [1.82, 2.24) is 15.0 Å². The van der Waals surface area contributed by atoms with Crippen molar-refractivity contribution in [3.63, 3.8) is 0 Å². The van der Waals surface area contributed by atoms with Crippen molar-refractivity contribution in [2.45, 2.75) is 33.1 Å². The highest BCUT2D eigenvalue weighted by Gasteiger charge is 2.19. The van der Waals surface area contributed by atoms with Crippen LogP contribution in [-0.2, 0) is 0 Å². The number of nitrogens with one attached hydrogen (secondary N) is 2. The molecule has 28 heavy (non-hydrogen) atoms. The highest BCUT2D eigenvalue weighted by atomic mass is 35.5. The number of carbonyl (C=O) groups is 1. The van der Waals surface area contributed by atoms with E-state index in [1.54, 1.807) is 18.2 Å². The minimum atomic E-state index is -0.448. The second-order valence-electron chi connectivity index (χ2n) is 6.63. The molecule has 2 N–H and O–H groups in total. The summed E-state index contributed by atoms with van der Waals surface area (Å²) in [4.78, 5) is 21.2. The van der Waals surface area contributed by atoms with Crippen LogP contribution in [-0.4, -0.2) is 40.6 Å². The van der Waals surface area contributed by atoms with Crippen molar-refractivity contribution in [3.8, 4) is 0 Å². The lowest BCUT2D eigenvalue weighted by Gasteiger charge is -2.37. The maximum Gasteiger partial charge on any atom is 0.326 e. The van der Waals surface area contributed by atoms with Gasteiger partial charge in [-0.25, -0.2) is 14.8 Å². The summed E-state index contributed by atoms with van der Waals surface area (Å²) < 4.78 is 0. The summed E-state index contributed by atoms with van der Waals surface area (Å²) in [6, 6.07) is 6.36. The first-order chi connectivity index (χ1) is 13.5. The number of anilines is 3. The molecule has 7 nitrogen and oxygen atoms in total. The quantitative estimate of drug-likeness (QED) is 0.711. The van der Waals surface area contributed by atoms with Crippen LogP contribution in [0.5, 0.6) is 0 Å². The first-order valence-corrected chi connectivity index (χ1v) is 10.1. The van der Waals surface area contributed by atoms with Crippen LogP contribution in [0.15, 0.2) is 24.3 Å². The lowest BCUT2D eigenvalue weighted by Crippen LogP contribution is -2.46. The Bertz CT molecular complexity index is 841. The van der Waals surface area contributed by atoms with Crippen LogP contribution in [0.2, 0.25) is 10.0 Å². The number of hydrogen-bond acceptors (Lipinski definition) is 5. The van der Waals surface area contributed by atoms with Crippen molar-refractivity contribution in [1.29, 1.82) is 0 Å². The zero-order chi connectivity index (χ0) is 20.1. The number of piperidine rings is 1. The van der Waals surface area contributed by atoms with Crippen LogP contribution in [0.3, 0.4) is 0 Å². The molecule has 0 saturated carbocycles. The first-order valence-electron chi connectivity index (χ1n) is 9.37. The van der Waals surface area contributed by atoms with Gasteiger partial charge in [-0.2, -0.15) is 4.98 Å².